The van der Waals surface area contributed by atoms with Crippen LogP contribution in [0.1, 0.15) is 55.3 Å². The Kier molecular flexibility index (Phi) is 5.61. The van der Waals surface area contributed by atoms with Gasteiger partial charge in [-0.3, -0.25) is 14.0 Å². The van der Waals surface area contributed by atoms with E-state index in [2.05, 4.69) is 9.97 Å². The largest absolute Gasteiger partial charge is 0.465 e. The van der Waals surface area contributed by atoms with E-state index in [0.717, 1.165) is 21.2 Å². The molecule has 1 N–H and O–H groups in total. The first kappa shape index (κ1) is 20.8. The van der Waals surface area contributed by atoms with E-state index in [1.807, 2.05) is 24.4 Å². The standard InChI is InChI=1S/C20H24N4O4S/c1-10-8-24-15(12(3)21-20(24)29-10)9-23(5)16(26)7-14-17(19(27)28-6)11(2)18(22-14)13(4)25/h8,22H,7,9H2,1-6H3. The second-order valence-corrected chi connectivity index (χ2v) is 8.30. The summed E-state index contributed by atoms with van der Waals surface area (Å²) in [7, 11) is 2.98. The summed E-state index contributed by atoms with van der Waals surface area (Å²) in [4.78, 5) is 48.1. The fourth-order valence-electron chi connectivity index (χ4n) is 3.42. The molecule has 8 nitrogen and oxygen atoms in total. The molecular formula is C20H24N4O4S. The van der Waals surface area contributed by atoms with Gasteiger partial charge in [0, 0.05) is 30.7 Å². The number of carbonyl (C=O) groups excluding carboxylic acids is 3. The number of hydrogen-bond acceptors (Lipinski definition) is 6. The van der Waals surface area contributed by atoms with Crippen molar-refractivity contribution in [3.8, 4) is 0 Å². The molecule has 0 aromatic carbocycles. The number of esters is 1. The quantitative estimate of drug-likeness (QED) is 0.492. The predicted molar refractivity (Wildman–Crippen MR) is 110 cm³/mol. The van der Waals surface area contributed by atoms with Gasteiger partial charge in [-0.2, -0.15) is 0 Å². The first-order valence-electron chi connectivity index (χ1n) is 9.12. The number of nitrogens with zero attached hydrogens (tertiary/aromatic N) is 3. The summed E-state index contributed by atoms with van der Waals surface area (Å²) in [6, 6.07) is 0. The average molecular weight is 417 g/mol. The van der Waals surface area contributed by atoms with Gasteiger partial charge in [0.05, 0.1) is 42.7 Å². The van der Waals surface area contributed by atoms with Crippen LogP contribution in [-0.4, -0.2) is 51.1 Å². The molecule has 0 aliphatic carbocycles. The molecule has 1 amide bonds. The van der Waals surface area contributed by atoms with Crippen molar-refractivity contribution in [1.82, 2.24) is 19.3 Å². The molecule has 3 aromatic heterocycles. The van der Waals surface area contributed by atoms with E-state index in [4.69, 9.17) is 4.74 Å². The highest BCUT2D eigenvalue weighted by molar-refractivity contribution is 7.17. The van der Waals surface area contributed by atoms with Crippen LogP contribution in [0.4, 0.5) is 0 Å². The number of rotatable bonds is 6. The van der Waals surface area contributed by atoms with Crippen molar-refractivity contribution >= 4 is 34.0 Å². The van der Waals surface area contributed by atoms with Gasteiger partial charge in [0.25, 0.3) is 0 Å². The minimum Gasteiger partial charge on any atom is -0.465 e. The second kappa shape index (κ2) is 7.82. The van der Waals surface area contributed by atoms with Gasteiger partial charge in [-0.15, -0.1) is 11.3 Å². The lowest BCUT2D eigenvalue weighted by molar-refractivity contribution is -0.129. The number of amides is 1. The van der Waals surface area contributed by atoms with E-state index in [1.165, 1.54) is 14.0 Å². The number of hydrogen-bond donors (Lipinski definition) is 1. The zero-order valence-corrected chi connectivity index (χ0v) is 18.2. The molecule has 0 bridgehead atoms. The number of ketones is 1. The monoisotopic (exact) mass is 416 g/mol. The molecule has 0 saturated heterocycles. The molecule has 3 aromatic rings. The first-order chi connectivity index (χ1) is 13.6. The Morgan fingerprint density at radius 3 is 2.59 bits per heavy atom. The molecule has 154 valence electrons. The van der Waals surface area contributed by atoms with Gasteiger partial charge in [0.1, 0.15) is 0 Å². The van der Waals surface area contributed by atoms with Crippen molar-refractivity contribution in [2.75, 3.05) is 14.2 Å². The maximum Gasteiger partial charge on any atom is 0.339 e. The lowest BCUT2D eigenvalue weighted by atomic mass is 10.1. The third-order valence-corrected chi connectivity index (χ3v) is 5.85. The Morgan fingerprint density at radius 2 is 1.97 bits per heavy atom. The fourth-order valence-corrected chi connectivity index (χ4v) is 4.31. The molecule has 3 rings (SSSR count). The van der Waals surface area contributed by atoms with E-state index >= 15 is 0 Å². The number of likely N-dealkylation sites (N-methyl/N-ethyl adjacent to an activating group) is 1. The molecule has 0 spiro atoms. The van der Waals surface area contributed by atoms with Crippen LogP contribution < -0.4 is 0 Å². The number of aromatic nitrogens is 3. The normalized spacial score (nSPS) is 11.1. The highest BCUT2D eigenvalue weighted by Crippen LogP contribution is 2.23. The van der Waals surface area contributed by atoms with Gasteiger partial charge in [0.2, 0.25) is 5.91 Å². The zero-order chi connectivity index (χ0) is 21.5. The molecule has 0 aliphatic heterocycles. The second-order valence-electron chi connectivity index (χ2n) is 7.09. The summed E-state index contributed by atoms with van der Waals surface area (Å²) in [6.07, 6.45) is 1.97. The van der Waals surface area contributed by atoms with Crippen molar-refractivity contribution in [2.45, 2.75) is 40.7 Å². The van der Waals surface area contributed by atoms with Gasteiger partial charge in [-0.25, -0.2) is 9.78 Å². The number of nitrogens with one attached hydrogen (secondary N) is 1. The summed E-state index contributed by atoms with van der Waals surface area (Å²) < 4.78 is 6.84. The molecule has 3 heterocycles. The third-order valence-electron chi connectivity index (χ3n) is 4.95. The lowest BCUT2D eigenvalue weighted by Gasteiger charge is -2.17. The summed E-state index contributed by atoms with van der Waals surface area (Å²) >= 11 is 1.60. The van der Waals surface area contributed by atoms with Crippen molar-refractivity contribution in [1.29, 1.82) is 0 Å². The highest BCUT2D eigenvalue weighted by atomic mass is 32.1. The van der Waals surface area contributed by atoms with Gasteiger partial charge >= 0.3 is 5.97 Å². The first-order valence-corrected chi connectivity index (χ1v) is 9.94. The number of aryl methyl sites for hydroxylation is 2. The smallest absolute Gasteiger partial charge is 0.339 e. The van der Waals surface area contributed by atoms with Crippen molar-refractivity contribution in [2.24, 2.45) is 0 Å². The number of carbonyl (C=O) groups is 3. The van der Waals surface area contributed by atoms with Crippen LogP contribution in [0.3, 0.4) is 0 Å². The van der Waals surface area contributed by atoms with Gasteiger partial charge in [-0.05, 0) is 26.3 Å². The summed E-state index contributed by atoms with van der Waals surface area (Å²) in [5.41, 5.74) is 3.27. The van der Waals surface area contributed by atoms with E-state index in [9.17, 15) is 14.4 Å². The van der Waals surface area contributed by atoms with Crippen molar-refractivity contribution in [3.63, 3.8) is 0 Å². The molecule has 0 fully saturated rings. The Balaban J connectivity index is 1.86. The third kappa shape index (κ3) is 3.82. The number of aromatic amines is 1. The molecular weight excluding hydrogens is 392 g/mol. The Bertz CT molecular complexity index is 1120. The molecule has 9 heteroatoms. The van der Waals surface area contributed by atoms with Crippen molar-refractivity contribution in [3.05, 3.63) is 45.0 Å². The molecule has 0 atom stereocenters. The molecule has 0 radical (unpaired) electrons. The van der Waals surface area contributed by atoms with Crippen LogP contribution in [0, 0.1) is 20.8 Å². The Labute approximate surface area is 172 Å². The number of thiazole rings is 1. The number of imidazole rings is 1. The van der Waals surface area contributed by atoms with Crippen LogP contribution in [0.15, 0.2) is 6.20 Å². The number of methoxy groups -OCH3 is 1. The zero-order valence-electron chi connectivity index (χ0n) is 17.4. The van der Waals surface area contributed by atoms with Gasteiger partial charge in [0.15, 0.2) is 10.7 Å². The van der Waals surface area contributed by atoms with E-state index in [0.29, 0.717) is 23.5 Å². The molecule has 0 saturated carbocycles. The number of ether oxygens (including phenoxy) is 1. The Morgan fingerprint density at radius 1 is 1.28 bits per heavy atom. The maximum absolute atomic E-state index is 12.9. The minimum atomic E-state index is -0.571. The van der Waals surface area contributed by atoms with Crippen molar-refractivity contribution < 1.29 is 19.1 Å². The summed E-state index contributed by atoms with van der Waals surface area (Å²) in [5.74, 6) is -0.962. The van der Waals surface area contributed by atoms with Crippen LogP contribution in [-0.2, 0) is 22.5 Å². The highest BCUT2D eigenvalue weighted by Gasteiger charge is 2.25. The summed E-state index contributed by atoms with van der Waals surface area (Å²) in [6.45, 7) is 7.40. The van der Waals surface area contributed by atoms with E-state index in [-0.39, 0.29) is 23.7 Å². The van der Waals surface area contributed by atoms with Gasteiger partial charge in [-0.1, -0.05) is 0 Å². The maximum atomic E-state index is 12.9. The van der Waals surface area contributed by atoms with Crippen LogP contribution in [0.25, 0.3) is 4.96 Å². The van der Waals surface area contributed by atoms with Crippen LogP contribution in [0.2, 0.25) is 0 Å². The number of Topliss-reactive ketones (excluding diaryl/α,β-unsaturated/α-hetero) is 1. The SMILES string of the molecule is COC(=O)c1c(CC(=O)N(C)Cc2c(C)nc3sc(C)cn23)[nH]c(C(C)=O)c1C. The minimum absolute atomic E-state index is 0.0429. The Hall–Kier alpha value is -2.94. The summed E-state index contributed by atoms with van der Waals surface area (Å²) in [5, 5.41) is 0. The lowest BCUT2D eigenvalue weighted by Crippen LogP contribution is -2.29. The molecule has 29 heavy (non-hydrogen) atoms. The van der Waals surface area contributed by atoms with E-state index < -0.39 is 5.97 Å². The predicted octanol–water partition coefficient (Wildman–Crippen LogP) is 2.84. The fraction of sp³-hybridized carbons (Fsp3) is 0.400. The number of fused-ring (bicyclic) bond motifs is 1. The van der Waals surface area contributed by atoms with Gasteiger partial charge < -0.3 is 14.6 Å². The van der Waals surface area contributed by atoms with Crippen LogP contribution in [0.5, 0.6) is 0 Å². The molecule has 0 aliphatic rings. The van der Waals surface area contributed by atoms with E-state index in [1.54, 1.807) is 30.2 Å². The average Bonchev–Trinajstić information content (AvgIpc) is 3.26. The number of H-pyrrole nitrogens is 1. The van der Waals surface area contributed by atoms with Crippen LogP contribution >= 0.6 is 11.3 Å². The molecule has 0 unspecified atom stereocenters. The topological polar surface area (TPSA) is 96.8 Å².